The smallest absolute Gasteiger partial charge is 0.167 e. The Bertz CT molecular complexity index is 565. The summed E-state index contributed by atoms with van der Waals surface area (Å²) in [5.41, 5.74) is 0.607. The van der Waals surface area contributed by atoms with Gasteiger partial charge in [-0.05, 0) is 30.7 Å². The second-order valence-corrected chi connectivity index (χ2v) is 6.33. The fourth-order valence-corrected chi connectivity index (χ4v) is 2.66. The first kappa shape index (κ1) is 15.0. The van der Waals surface area contributed by atoms with Crippen LogP contribution >= 0.6 is 11.3 Å². The number of thiophene rings is 1. The van der Waals surface area contributed by atoms with Crippen molar-refractivity contribution in [2.75, 3.05) is 0 Å². The fraction of sp³-hybridized carbons (Fsp3) is 0.375. The molecule has 0 aliphatic carbocycles. The topological polar surface area (TPSA) is 21.3 Å². The normalized spacial score (nSPS) is 11.1. The van der Waals surface area contributed by atoms with Crippen LogP contribution in [0.2, 0.25) is 0 Å². The van der Waals surface area contributed by atoms with E-state index in [9.17, 15) is 4.39 Å². The Kier molecular flexibility index (Phi) is 5.15. The highest BCUT2D eigenvalue weighted by Crippen LogP contribution is 2.23. The van der Waals surface area contributed by atoms with E-state index in [2.05, 4.69) is 25.2 Å². The molecule has 0 saturated heterocycles. The molecule has 0 radical (unpaired) electrons. The van der Waals surface area contributed by atoms with Crippen molar-refractivity contribution in [2.24, 2.45) is 0 Å². The molecule has 1 aromatic heterocycles. The maximum absolute atomic E-state index is 13.8. The highest BCUT2D eigenvalue weighted by atomic mass is 32.1. The number of halogens is 1. The molecule has 1 aromatic carbocycles. The molecule has 0 amide bonds. The average Bonchev–Trinajstić information content (AvgIpc) is 2.86. The SMILES string of the molecule is Cc1cccc(OCc2ccc(CNC(C)C)s2)c1F. The van der Waals surface area contributed by atoms with E-state index in [1.807, 2.05) is 6.07 Å². The summed E-state index contributed by atoms with van der Waals surface area (Å²) in [6.07, 6.45) is 0. The minimum Gasteiger partial charge on any atom is -0.485 e. The van der Waals surface area contributed by atoms with Crippen molar-refractivity contribution in [3.8, 4) is 5.75 Å². The summed E-state index contributed by atoms with van der Waals surface area (Å²) < 4.78 is 19.3. The Morgan fingerprint density at radius 3 is 2.70 bits per heavy atom. The summed E-state index contributed by atoms with van der Waals surface area (Å²) in [6.45, 7) is 7.26. The molecule has 2 rings (SSSR count). The van der Waals surface area contributed by atoms with Gasteiger partial charge < -0.3 is 10.1 Å². The highest BCUT2D eigenvalue weighted by molar-refractivity contribution is 7.11. The number of hydrogen-bond donors (Lipinski definition) is 1. The van der Waals surface area contributed by atoms with E-state index in [1.54, 1.807) is 36.5 Å². The van der Waals surface area contributed by atoms with Gasteiger partial charge in [0.05, 0.1) is 0 Å². The van der Waals surface area contributed by atoms with Gasteiger partial charge in [0.2, 0.25) is 0 Å². The summed E-state index contributed by atoms with van der Waals surface area (Å²) in [5.74, 6) is 0.0472. The molecule has 0 bridgehead atoms. The Labute approximate surface area is 123 Å². The van der Waals surface area contributed by atoms with Gasteiger partial charge >= 0.3 is 0 Å². The van der Waals surface area contributed by atoms with Gasteiger partial charge in [-0.2, -0.15) is 0 Å². The molecule has 2 aromatic rings. The quantitative estimate of drug-likeness (QED) is 0.858. The minimum absolute atomic E-state index is 0.272. The summed E-state index contributed by atoms with van der Waals surface area (Å²) in [5, 5.41) is 3.38. The molecule has 0 aliphatic heterocycles. The van der Waals surface area contributed by atoms with Crippen LogP contribution < -0.4 is 10.1 Å². The van der Waals surface area contributed by atoms with Crippen molar-refractivity contribution in [1.29, 1.82) is 0 Å². The Balaban J connectivity index is 1.92. The number of benzene rings is 1. The zero-order chi connectivity index (χ0) is 14.5. The van der Waals surface area contributed by atoms with Gasteiger partial charge in [0.25, 0.3) is 0 Å². The standard InChI is InChI=1S/C16H20FNOS/c1-11(2)18-9-13-7-8-14(20-13)10-19-15-6-4-5-12(3)16(15)17/h4-8,11,18H,9-10H2,1-3H3. The van der Waals surface area contributed by atoms with E-state index in [-0.39, 0.29) is 5.82 Å². The average molecular weight is 293 g/mol. The Morgan fingerprint density at radius 2 is 1.95 bits per heavy atom. The summed E-state index contributed by atoms with van der Waals surface area (Å²) in [4.78, 5) is 2.37. The van der Waals surface area contributed by atoms with E-state index in [1.165, 1.54) is 4.88 Å². The number of rotatable bonds is 6. The zero-order valence-electron chi connectivity index (χ0n) is 12.1. The first-order valence-electron chi connectivity index (χ1n) is 6.75. The third-order valence-corrected chi connectivity index (χ3v) is 3.99. The van der Waals surface area contributed by atoms with Crippen LogP contribution in [-0.4, -0.2) is 6.04 Å². The number of hydrogen-bond acceptors (Lipinski definition) is 3. The second kappa shape index (κ2) is 6.86. The number of ether oxygens (including phenoxy) is 1. The summed E-state index contributed by atoms with van der Waals surface area (Å²) in [7, 11) is 0. The first-order chi connectivity index (χ1) is 9.56. The van der Waals surface area contributed by atoms with Crippen LogP contribution in [0.15, 0.2) is 30.3 Å². The number of aryl methyl sites for hydroxylation is 1. The van der Waals surface area contributed by atoms with Crippen LogP contribution in [0.25, 0.3) is 0 Å². The monoisotopic (exact) mass is 293 g/mol. The lowest BCUT2D eigenvalue weighted by atomic mass is 10.2. The van der Waals surface area contributed by atoms with Gasteiger partial charge in [-0.3, -0.25) is 0 Å². The molecule has 0 spiro atoms. The van der Waals surface area contributed by atoms with Crippen LogP contribution in [0.1, 0.15) is 29.2 Å². The summed E-state index contributed by atoms with van der Waals surface area (Å²) >= 11 is 1.69. The molecule has 20 heavy (non-hydrogen) atoms. The van der Waals surface area contributed by atoms with Crippen molar-refractivity contribution >= 4 is 11.3 Å². The molecule has 1 N–H and O–H groups in total. The molecule has 1 heterocycles. The minimum atomic E-state index is -0.272. The van der Waals surface area contributed by atoms with Crippen LogP contribution in [0.5, 0.6) is 5.75 Å². The van der Waals surface area contributed by atoms with Crippen LogP contribution in [0.3, 0.4) is 0 Å². The summed E-state index contributed by atoms with van der Waals surface area (Å²) in [6, 6.07) is 9.81. The molecule has 0 fully saturated rings. The molecule has 0 saturated carbocycles. The van der Waals surface area contributed by atoms with E-state index in [0.717, 1.165) is 11.4 Å². The first-order valence-corrected chi connectivity index (χ1v) is 7.57. The van der Waals surface area contributed by atoms with Crippen molar-refractivity contribution in [3.63, 3.8) is 0 Å². The van der Waals surface area contributed by atoms with Crippen molar-refractivity contribution in [3.05, 3.63) is 51.5 Å². The highest BCUT2D eigenvalue weighted by Gasteiger charge is 2.07. The van der Waals surface area contributed by atoms with Crippen molar-refractivity contribution in [1.82, 2.24) is 5.32 Å². The van der Waals surface area contributed by atoms with E-state index >= 15 is 0 Å². The van der Waals surface area contributed by atoms with E-state index in [4.69, 9.17) is 4.74 Å². The fourth-order valence-electron chi connectivity index (χ4n) is 1.78. The number of nitrogens with one attached hydrogen (secondary N) is 1. The maximum Gasteiger partial charge on any atom is 0.167 e. The Morgan fingerprint density at radius 1 is 1.20 bits per heavy atom. The van der Waals surface area contributed by atoms with Crippen LogP contribution in [-0.2, 0) is 13.2 Å². The molecule has 0 atom stereocenters. The lowest BCUT2D eigenvalue weighted by Gasteiger charge is -2.07. The molecular weight excluding hydrogens is 273 g/mol. The molecule has 2 nitrogen and oxygen atoms in total. The zero-order valence-corrected chi connectivity index (χ0v) is 12.9. The molecular formula is C16H20FNOS. The second-order valence-electron chi connectivity index (χ2n) is 5.08. The third kappa shape index (κ3) is 4.05. The third-order valence-electron chi connectivity index (χ3n) is 2.93. The van der Waals surface area contributed by atoms with Gasteiger partial charge in [-0.15, -0.1) is 11.3 Å². The van der Waals surface area contributed by atoms with Gasteiger partial charge in [0, 0.05) is 22.3 Å². The van der Waals surface area contributed by atoms with Crippen molar-refractivity contribution < 1.29 is 9.13 Å². The lowest BCUT2D eigenvalue weighted by Crippen LogP contribution is -2.21. The predicted molar refractivity (Wildman–Crippen MR) is 81.8 cm³/mol. The molecule has 0 aliphatic rings. The van der Waals surface area contributed by atoms with Gasteiger partial charge in [0.15, 0.2) is 11.6 Å². The Hall–Kier alpha value is -1.39. The molecule has 108 valence electrons. The van der Waals surface area contributed by atoms with Crippen LogP contribution in [0.4, 0.5) is 4.39 Å². The molecule has 0 unspecified atom stereocenters. The van der Waals surface area contributed by atoms with Crippen LogP contribution in [0, 0.1) is 12.7 Å². The van der Waals surface area contributed by atoms with E-state index in [0.29, 0.717) is 24.0 Å². The van der Waals surface area contributed by atoms with Gasteiger partial charge in [0.1, 0.15) is 6.61 Å². The lowest BCUT2D eigenvalue weighted by molar-refractivity contribution is 0.293. The van der Waals surface area contributed by atoms with E-state index < -0.39 is 0 Å². The molecule has 4 heteroatoms. The van der Waals surface area contributed by atoms with Gasteiger partial charge in [-0.25, -0.2) is 4.39 Å². The maximum atomic E-state index is 13.8. The predicted octanol–water partition coefficient (Wildman–Crippen LogP) is 4.27. The van der Waals surface area contributed by atoms with Crippen molar-refractivity contribution in [2.45, 2.75) is 40.0 Å². The largest absolute Gasteiger partial charge is 0.485 e. The van der Waals surface area contributed by atoms with Gasteiger partial charge in [-0.1, -0.05) is 26.0 Å².